The highest BCUT2D eigenvalue weighted by Crippen LogP contribution is 2.40. The third-order valence-corrected chi connectivity index (χ3v) is 6.62. The average molecular weight is 476 g/mol. The summed E-state index contributed by atoms with van der Waals surface area (Å²) >= 11 is 0. The van der Waals surface area contributed by atoms with Crippen LogP contribution in [-0.2, 0) is 12.8 Å². The molecule has 2 heterocycles. The molecule has 182 valence electrons. The summed E-state index contributed by atoms with van der Waals surface area (Å²) in [5, 5.41) is 0. The summed E-state index contributed by atoms with van der Waals surface area (Å²) in [4.78, 5) is 15.6. The summed E-state index contributed by atoms with van der Waals surface area (Å²) < 4.78 is 28.2. The summed E-state index contributed by atoms with van der Waals surface area (Å²) in [6.07, 6.45) is 1.67. The predicted molar refractivity (Wildman–Crippen MR) is 131 cm³/mol. The van der Waals surface area contributed by atoms with Crippen molar-refractivity contribution in [3.63, 3.8) is 0 Å². The highest BCUT2D eigenvalue weighted by Gasteiger charge is 2.34. The van der Waals surface area contributed by atoms with Crippen LogP contribution in [0, 0.1) is 0 Å². The fraction of sp³-hybridized carbons (Fsp3) is 0.321. The first-order valence-corrected chi connectivity index (χ1v) is 11.8. The Bertz CT molecular complexity index is 1220. The van der Waals surface area contributed by atoms with Gasteiger partial charge >= 0.3 is 0 Å². The molecule has 0 radical (unpaired) electrons. The number of carbonyl (C=O) groups is 1. The van der Waals surface area contributed by atoms with E-state index in [-0.39, 0.29) is 18.7 Å². The van der Waals surface area contributed by atoms with E-state index in [1.165, 1.54) is 5.56 Å². The number of rotatable bonds is 7. The average Bonchev–Trinajstić information content (AvgIpc) is 3.38. The maximum Gasteiger partial charge on any atom is 0.254 e. The van der Waals surface area contributed by atoms with Crippen LogP contribution in [0.15, 0.2) is 54.6 Å². The smallest absolute Gasteiger partial charge is 0.254 e. The van der Waals surface area contributed by atoms with E-state index < -0.39 is 0 Å². The number of hydrogen-bond acceptors (Lipinski definition) is 6. The van der Waals surface area contributed by atoms with Gasteiger partial charge in [-0.2, -0.15) is 0 Å². The molecule has 2 aliphatic heterocycles. The van der Waals surface area contributed by atoms with Crippen molar-refractivity contribution >= 4 is 5.91 Å². The Morgan fingerprint density at radius 2 is 1.71 bits per heavy atom. The lowest BCUT2D eigenvalue weighted by molar-refractivity contribution is 0.0589. The van der Waals surface area contributed by atoms with E-state index in [4.69, 9.17) is 23.7 Å². The van der Waals surface area contributed by atoms with Gasteiger partial charge in [0.2, 0.25) is 6.79 Å². The highest BCUT2D eigenvalue weighted by molar-refractivity contribution is 5.95. The normalized spacial score (nSPS) is 16.0. The molecular weight excluding hydrogens is 446 g/mol. The van der Waals surface area contributed by atoms with E-state index in [2.05, 4.69) is 19.1 Å². The van der Waals surface area contributed by atoms with Gasteiger partial charge in [-0.05, 0) is 72.0 Å². The molecule has 7 nitrogen and oxygen atoms in total. The number of ether oxygens (including phenoxy) is 5. The number of carbonyl (C=O) groups excluding carboxylic acids is 1. The number of amides is 1. The van der Waals surface area contributed by atoms with Gasteiger partial charge < -0.3 is 28.6 Å². The van der Waals surface area contributed by atoms with Gasteiger partial charge in [0.1, 0.15) is 12.4 Å². The van der Waals surface area contributed by atoms with Crippen molar-refractivity contribution < 1.29 is 28.5 Å². The highest BCUT2D eigenvalue weighted by atomic mass is 16.7. The minimum Gasteiger partial charge on any atom is -0.493 e. The maximum atomic E-state index is 13.7. The Balaban J connectivity index is 1.48. The SMILES string of the molecule is CCc1ccc(OCC2c3cc(OC)c(OC)cc3CCN2C(=O)c2ccc3c(c2)OCO3)cc1. The van der Waals surface area contributed by atoms with Crippen molar-refractivity contribution in [2.75, 3.05) is 34.2 Å². The lowest BCUT2D eigenvalue weighted by Crippen LogP contribution is -2.42. The molecule has 1 amide bonds. The molecule has 1 atom stereocenters. The third kappa shape index (κ3) is 4.46. The molecule has 0 fully saturated rings. The van der Waals surface area contributed by atoms with Crippen LogP contribution in [0.25, 0.3) is 0 Å². The van der Waals surface area contributed by atoms with Gasteiger partial charge in [0.15, 0.2) is 23.0 Å². The molecule has 0 spiro atoms. The third-order valence-electron chi connectivity index (χ3n) is 6.62. The van der Waals surface area contributed by atoms with Gasteiger partial charge in [-0.3, -0.25) is 4.79 Å². The fourth-order valence-electron chi connectivity index (χ4n) is 4.64. The summed E-state index contributed by atoms with van der Waals surface area (Å²) in [5.74, 6) is 3.22. The second-order valence-electron chi connectivity index (χ2n) is 8.55. The van der Waals surface area contributed by atoms with Crippen molar-refractivity contribution in [1.82, 2.24) is 4.90 Å². The molecule has 7 heteroatoms. The topological polar surface area (TPSA) is 66.5 Å². The van der Waals surface area contributed by atoms with Gasteiger partial charge in [0, 0.05) is 12.1 Å². The molecule has 0 saturated carbocycles. The maximum absolute atomic E-state index is 13.7. The van der Waals surface area contributed by atoms with Crippen LogP contribution in [0.4, 0.5) is 0 Å². The fourth-order valence-corrected chi connectivity index (χ4v) is 4.64. The molecule has 0 aromatic heterocycles. The van der Waals surface area contributed by atoms with E-state index in [0.29, 0.717) is 48.1 Å². The van der Waals surface area contributed by atoms with Crippen LogP contribution < -0.4 is 23.7 Å². The van der Waals surface area contributed by atoms with Crippen molar-refractivity contribution in [2.24, 2.45) is 0 Å². The molecule has 3 aromatic carbocycles. The molecular formula is C28H29NO6. The Hall–Kier alpha value is -3.87. The van der Waals surface area contributed by atoms with Gasteiger partial charge in [-0.25, -0.2) is 0 Å². The summed E-state index contributed by atoms with van der Waals surface area (Å²) in [6.45, 7) is 3.15. The number of aryl methyl sites for hydroxylation is 1. The molecule has 2 aliphatic rings. The van der Waals surface area contributed by atoms with Crippen molar-refractivity contribution in [3.05, 3.63) is 76.9 Å². The van der Waals surface area contributed by atoms with Crippen LogP contribution in [-0.4, -0.2) is 45.0 Å². The van der Waals surface area contributed by atoms with E-state index in [0.717, 1.165) is 23.3 Å². The zero-order valence-electron chi connectivity index (χ0n) is 20.2. The van der Waals surface area contributed by atoms with Crippen molar-refractivity contribution in [1.29, 1.82) is 0 Å². The molecule has 0 aliphatic carbocycles. The minimum atomic E-state index is -0.303. The molecule has 0 N–H and O–H groups in total. The Kier molecular flexibility index (Phi) is 6.40. The number of benzene rings is 3. The van der Waals surface area contributed by atoms with Gasteiger partial charge in [0.05, 0.1) is 20.3 Å². The molecule has 0 saturated heterocycles. The molecule has 0 bridgehead atoms. The summed E-state index contributed by atoms with van der Waals surface area (Å²) in [7, 11) is 3.24. The largest absolute Gasteiger partial charge is 0.493 e. The monoisotopic (exact) mass is 475 g/mol. The number of nitrogens with zero attached hydrogens (tertiary/aromatic N) is 1. The zero-order chi connectivity index (χ0) is 24.4. The van der Waals surface area contributed by atoms with Crippen LogP contribution in [0.5, 0.6) is 28.7 Å². The number of methoxy groups -OCH3 is 2. The lowest BCUT2D eigenvalue weighted by atomic mass is 9.91. The second-order valence-corrected chi connectivity index (χ2v) is 8.55. The molecule has 1 unspecified atom stereocenters. The molecule has 3 aromatic rings. The standard InChI is InChI=1S/C28H29NO6/c1-4-18-5-8-21(9-6-18)33-16-23-22-15-26(32-3)25(31-2)13-19(22)11-12-29(23)28(30)20-7-10-24-27(14-20)35-17-34-24/h5-10,13-15,23H,4,11-12,16-17H2,1-3H3. The molecule has 5 rings (SSSR count). The number of fused-ring (bicyclic) bond motifs is 2. The van der Waals surface area contributed by atoms with Gasteiger partial charge in [0.25, 0.3) is 5.91 Å². The van der Waals surface area contributed by atoms with E-state index >= 15 is 0 Å². The first-order valence-electron chi connectivity index (χ1n) is 11.8. The second kappa shape index (κ2) is 9.78. The lowest BCUT2D eigenvalue weighted by Gasteiger charge is -2.37. The first-order chi connectivity index (χ1) is 17.1. The summed E-state index contributed by atoms with van der Waals surface area (Å²) in [5.41, 5.74) is 3.91. The molecule has 35 heavy (non-hydrogen) atoms. The quantitative estimate of drug-likeness (QED) is 0.489. The number of hydrogen-bond donors (Lipinski definition) is 0. The Labute approximate surface area is 205 Å². The zero-order valence-corrected chi connectivity index (χ0v) is 20.2. The van der Waals surface area contributed by atoms with Gasteiger partial charge in [-0.1, -0.05) is 19.1 Å². The minimum absolute atomic E-state index is 0.0846. The van der Waals surface area contributed by atoms with E-state index in [1.54, 1.807) is 32.4 Å². The van der Waals surface area contributed by atoms with Crippen molar-refractivity contribution in [3.8, 4) is 28.7 Å². The van der Waals surface area contributed by atoms with Crippen LogP contribution in [0.3, 0.4) is 0 Å². The first kappa shape index (κ1) is 22.9. The Morgan fingerprint density at radius 3 is 2.46 bits per heavy atom. The van der Waals surface area contributed by atoms with Crippen molar-refractivity contribution in [2.45, 2.75) is 25.8 Å². The van der Waals surface area contributed by atoms with Crippen LogP contribution >= 0.6 is 0 Å². The van der Waals surface area contributed by atoms with E-state index in [9.17, 15) is 4.79 Å². The predicted octanol–water partition coefficient (Wildman–Crippen LogP) is 4.81. The Morgan fingerprint density at radius 1 is 0.971 bits per heavy atom. The van der Waals surface area contributed by atoms with Gasteiger partial charge in [-0.15, -0.1) is 0 Å². The van der Waals surface area contributed by atoms with Crippen LogP contribution in [0.2, 0.25) is 0 Å². The van der Waals surface area contributed by atoms with E-state index in [1.807, 2.05) is 29.2 Å². The summed E-state index contributed by atoms with van der Waals surface area (Å²) in [6, 6.07) is 17.0. The van der Waals surface area contributed by atoms with Crippen LogP contribution in [0.1, 0.15) is 40.0 Å².